The Balaban J connectivity index is 2.57. The molecule has 1 rings (SSSR count). The molecule has 112 valence electrons. The summed E-state index contributed by atoms with van der Waals surface area (Å²) >= 11 is 6.01. The summed E-state index contributed by atoms with van der Waals surface area (Å²) in [5.41, 5.74) is 1.09. The second-order valence-corrected chi connectivity index (χ2v) is 5.12. The van der Waals surface area contributed by atoms with Crippen molar-refractivity contribution in [1.82, 2.24) is 10.6 Å². The zero-order chi connectivity index (χ0) is 15.0. The fourth-order valence-electron chi connectivity index (χ4n) is 1.98. The zero-order valence-electron chi connectivity index (χ0n) is 12.3. The standard InChI is InChI=1S/C15H23ClN2O2/c1-4-14(12-6-5-7-13(16)10-12)18-11(2)15(19)17-8-9-20-3/h5-7,10-11,14,18H,4,8-9H2,1-3H3,(H,17,19). The van der Waals surface area contributed by atoms with E-state index in [0.717, 1.165) is 12.0 Å². The van der Waals surface area contributed by atoms with Gasteiger partial charge in [0.1, 0.15) is 0 Å². The van der Waals surface area contributed by atoms with Crippen molar-refractivity contribution >= 4 is 17.5 Å². The molecule has 1 aromatic rings. The van der Waals surface area contributed by atoms with Crippen LogP contribution in [0.15, 0.2) is 24.3 Å². The molecule has 0 aliphatic rings. The van der Waals surface area contributed by atoms with Crippen LogP contribution in [0.3, 0.4) is 0 Å². The molecule has 2 atom stereocenters. The van der Waals surface area contributed by atoms with Crippen LogP contribution in [-0.2, 0) is 9.53 Å². The van der Waals surface area contributed by atoms with E-state index in [1.165, 1.54) is 0 Å². The van der Waals surface area contributed by atoms with Gasteiger partial charge in [-0.15, -0.1) is 0 Å². The lowest BCUT2D eigenvalue weighted by Crippen LogP contribution is -2.44. The van der Waals surface area contributed by atoms with Crippen LogP contribution in [0.5, 0.6) is 0 Å². The van der Waals surface area contributed by atoms with Crippen LogP contribution in [0, 0.1) is 0 Å². The highest BCUT2D eigenvalue weighted by Gasteiger charge is 2.17. The summed E-state index contributed by atoms with van der Waals surface area (Å²) in [6.07, 6.45) is 0.885. The molecule has 4 nitrogen and oxygen atoms in total. The minimum absolute atomic E-state index is 0.0254. The summed E-state index contributed by atoms with van der Waals surface area (Å²) in [6.45, 7) is 4.97. The summed E-state index contributed by atoms with van der Waals surface area (Å²) in [5.74, 6) is -0.0254. The van der Waals surface area contributed by atoms with E-state index in [9.17, 15) is 4.79 Å². The number of methoxy groups -OCH3 is 1. The molecule has 0 heterocycles. The molecule has 2 unspecified atom stereocenters. The van der Waals surface area contributed by atoms with Gasteiger partial charge in [-0.25, -0.2) is 0 Å². The predicted molar refractivity (Wildman–Crippen MR) is 82.0 cm³/mol. The second kappa shape index (κ2) is 8.95. The van der Waals surface area contributed by atoms with Crippen LogP contribution in [0.4, 0.5) is 0 Å². The average molecular weight is 299 g/mol. The Kier molecular flexibility index (Phi) is 7.59. The van der Waals surface area contributed by atoms with Gasteiger partial charge in [0.15, 0.2) is 0 Å². The summed E-state index contributed by atoms with van der Waals surface area (Å²) in [5, 5.41) is 6.86. The maximum absolute atomic E-state index is 11.9. The molecule has 0 radical (unpaired) electrons. The van der Waals surface area contributed by atoms with E-state index in [0.29, 0.717) is 18.2 Å². The van der Waals surface area contributed by atoms with Crippen molar-refractivity contribution in [3.63, 3.8) is 0 Å². The molecular weight excluding hydrogens is 276 g/mol. The number of halogens is 1. The van der Waals surface area contributed by atoms with Crippen molar-refractivity contribution in [2.24, 2.45) is 0 Å². The number of amides is 1. The van der Waals surface area contributed by atoms with Gasteiger partial charge in [-0.1, -0.05) is 30.7 Å². The fraction of sp³-hybridized carbons (Fsp3) is 0.533. The first-order valence-electron chi connectivity index (χ1n) is 6.86. The molecule has 1 aromatic carbocycles. The van der Waals surface area contributed by atoms with Gasteiger partial charge in [-0.2, -0.15) is 0 Å². The topological polar surface area (TPSA) is 50.4 Å². The van der Waals surface area contributed by atoms with E-state index in [-0.39, 0.29) is 18.0 Å². The third kappa shape index (κ3) is 5.49. The van der Waals surface area contributed by atoms with Crippen LogP contribution in [0.2, 0.25) is 5.02 Å². The summed E-state index contributed by atoms with van der Waals surface area (Å²) in [6, 6.07) is 7.55. The number of carbonyl (C=O) groups excluding carboxylic acids is 1. The van der Waals surface area contributed by atoms with Gasteiger partial charge < -0.3 is 10.1 Å². The molecule has 0 aromatic heterocycles. The third-order valence-corrected chi connectivity index (χ3v) is 3.34. The Bertz CT molecular complexity index is 426. The molecule has 0 spiro atoms. The molecule has 20 heavy (non-hydrogen) atoms. The van der Waals surface area contributed by atoms with Crippen LogP contribution in [0.1, 0.15) is 31.9 Å². The third-order valence-electron chi connectivity index (χ3n) is 3.11. The number of carbonyl (C=O) groups is 1. The summed E-state index contributed by atoms with van der Waals surface area (Å²) in [4.78, 5) is 11.9. The minimum atomic E-state index is -0.268. The Morgan fingerprint density at radius 1 is 1.45 bits per heavy atom. The summed E-state index contributed by atoms with van der Waals surface area (Å²) in [7, 11) is 1.61. The maximum atomic E-state index is 11.9. The molecule has 5 heteroatoms. The molecule has 1 amide bonds. The second-order valence-electron chi connectivity index (χ2n) is 4.69. The first-order valence-corrected chi connectivity index (χ1v) is 7.24. The highest BCUT2D eigenvalue weighted by molar-refractivity contribution is 6.30. The number of hydrogen-bond acceptors (Lipinski definition) is 3. The van der Waals surface area contributed by atoms with Crippen molar-refractivity contribution in [2.75, 3.05) is 20.3 Å². The van der Waals surface area contributed by atoms with Gasteiger partial charge in [-0.3, -0.25) is 10.1 Å². The van der Waals surface area contributed by atoms with E-state index in [2.05, 4.69) is 17.6 Å². The zero-order valence-corrected chi connectivity index (χ0v) is 13.0. The monoisotopic (exact) mass is 298 g/mol. The number of nitrogens with one attached hydrogen (secondary N) is 2. The van der Waals surface area contributed by atoms with Crippen molar-refractivity contribution in [2.45, 2.75) is 32.4 Å². The van der Waals surface area contributed by atoms with Crippen LogP contribution < -0.4 is 10.6 Å². The quantitative estimate of drug-likeness (QED) is 0.725. The molecule has 0 bridgehead atoms. The summed E-state index contributed by atoms with van der Waals surface area (Å²) < 4.78 is 4.91. The Morgan fingerprint density at radius 3 is 2.80 bits per heavy atom. The Morgan fingerprint density at radius 2 is 2.20 bits per heavy atom. The van der Waals surface area contributed by atoms with Gasteiger partial charge in [0.2, 0.25) is 5.91 Å². The lowest BCUT2D eigenvalue weighted by Gasteiger charge is -2.22. The van der Waals surface area contributed by atoms with Gasteiger partial charge >= 0.3 is 0 Å². The number of benzene rings is 1. The normalized spacial score (nSPS) is 13.8. The smallest absolute Gasteiger partial charge is 0.236 e. The Labute approximate surface area is 125 Å². The van der Waals surface area contributed by atoms with Crippen molar-refractivity contribution < 1.29 is 9.53 Å². The van der Waals surface area contributed by atoms with Crippen LogP contribution >= 0.6 is 11.6 Å². The fourth-order valence-corrected chi connectivity index (χ4v) is 2.18. The molecule has 0 aliphatic heterocycles. The average Bonchev–Trinajstić information content (AvgIpc) is 2.44. The van der Waals surface area contributed by atoms with Crippen LogP contribution in [0.25, 0.3) is 0 Å². The maximum Gasteiger partial charge on any atom is 0.236 e. The first-order chi connectivity index (χ1) is 9.58. The van der Waals surface area contributed by atoms with E-state index < -0.39 is 0 Å². The lowest BCUT2D eigenvalue weighted by molar-refractivity contribution is -0.123. The highest BCUT2D eigenvalue weighted by Crippen LogP contribution is 2.20. The molecule has 0 saturated carbocycles. The van der Waals surface area contributed by atoms with E-state index in [1.54, 1.807) is 7.11 Å². The SMILES string of the molecule is CCC(NC(C)C(=O)NCCOC)c1cccc(Cl)c1. The Hall–Kier alpha value is -1.10. The van der Waals surface area contributed by atoms with Gasteiger partial charge in [0, 0.05) is 24.7 Å². The van der Waals surface area contributed by atoms with Gasteiger partial charge in [0.25, 0.3) is 0 Å². The number of rotatable bonds is 8. The molecular formula is C15H23ClN2O2. The van der Waals surface area contributed by atoms with E-state index in [1.807, 2.05) is 31.2 Å². The van der Waals surface area contributed by atoms with Crippen molar-refractivity contribution in [3.05, 3.63) is 34.9 Å². The molecule has 0 fully saturated rings. The molecule has 0 aliphatic carbocycles. The number of hydrogen-bond donors (Lipinski definition) is 2. The molecule has 0 saturated heterocycles. The van der Waals surface area contributed by atoms with Crippen molar-refractivity contribution in [3.8, 4) is 0 Å². The minimum Gasteiger partial charge on any atom is -0.383 e. The first kappa shape index (κ1) is 17.0. The van der Waals surface area contributed by atoms with E-state index >= 15 is 0 Å². The van der Waals surface area contributed by atoms with Crippen LogP contribution in [-0.4, -0.2) is 32.2 Å². The predicted octanol–water partition coefficient (Wildman–Crippen LogP) is 2.53. The molecule has 2 N–H and O–H groups in total. The lowest BCUT2D eigenvalue weighted by atomic mass is 10.0. The van der Waals surface area contributed by atoms with Crippen molar-refractivity contribution in [1.29, 1.82) is 0 Å². The number of ether oxygens (including phenoxy) is 1. The van der Waals surface area contributed by atoms with Gasteiger partial charge in [0.05, 0.1) is 12.6 Å². The van der Waals surface area contributed by atoms with Gasteiger partial charge in [-0.05, 0) is 31.0 Å². The highest BCUT2D eigenvalue weighted by atomic mass is 35.5. The largest absolute Gasteiger partial charge is 0.383 e. The van der Waals surface area contributed by atoms with E-state index in [4.69, 9.17) is 16.3 Å².